The number of nitriles is 1. The maximum absolute atomic E-state index is 10.9. The number of hydrogen-bond acceptors (Lipinski definition) is 3. The number of hydrogen-bond donors (Lipinski definition) is 0. The van der Waals surface area contributed by atoms with Crippen LogP contribution in [0.15, 0.2) is 23.1 Å². The molecule has 0 spiro atoms. The van der Waals surface area contributed by atoms with Gasteiger partial charge in [-0.15, -0.1) is 0 Å². The van der Waals surface area contributed by atoms with Gasteiger partial charge in [-0.25, -0.2) is 8.42 Å². The molecule has 0 fully saturated rings. The van der Waals surface area contributed by atoms with E-state index in [-0.39, 0.29) is 15.5 Å². The lowest BCUT2D eigenvalue weighted by Crippen LogP contribution is -1.91. The van der Waals surface area contributed by atoms with Gasteiger partial charge in [-0.3, -0.25) is 0 Å². The molecule has 0 N–H and O–H groups in total. The second kappa shape index (κ2) is 3.54. The summed E-state index contributed by atoms with van der Waals surface area (Å²) in [5.41, 5.74) is 0.159. The van der Waals surface area contributed by atoms with Crippen molar-refractivity contribution in [3.8, 4) is 6.07 Å². The zero-order valence-electron chi connectivity index (χ0n) is 6.16. The van der Waals surface area contributed by atoms with Crippen LogP contribution in [0, 0.1) is 11.3 Å². The molecule has 0 radical (unpaired) electrons. The fourth-order valence-electron chi connectivity index (χ4n) is 0.768. The van der Waals surface area contributed by atoms with Crippen LogP contribution in [0.5, 0.6) is 0 Å². The van der Waals surface area contributed by atoms with E-state index < -0.39 is 9.05 Å². The molecule has 0 unspecified atom stereocenters. The van der Waals surface area contributed by atoms with Gasteiger partial charge in [-0.1, -0.05) is 11.6 Å². The fraction of sp³-hybridized carbons (Fsp3) is 0. The molecular weight excluding hydrogens is 233 g/mol. The molecule has 0 heterocycles. The van der Waals surface area contributed by atoms with E-state index in [0.29, 0.717) is 0 Å². The van der Waals surface area contributed by atoms with Gasteiger partial charge < -0.3 is 0 Å². The Morgan fingerprint density at radius 1 is 1.31 bits per heavy atom. The summed E-state index contributed by atoms with van der Waals surface area (Å²) in [6.07, 6.45) is 0. The standard InChI is InChI=1S/C7H3Cl2NO2S/c8-6-1-5(4-10)2-7(3-6)13(9,11)12/h1-3H. The van der Waals surface area contributed by atoms with Gasteiger partial charge in [0.05, 0.1) is 16.5 Å². The molecule has 68 valence electrons. The third kappa shape index (κ3) is 2.59. The van der Waals surface area contributed by atoms with Gasteiger partial charge in [0.2, 0.25) is 0 Å². The smallest absolute Gasteiger partial charge is 0.207 e. The molecular formula is C7H3Cl2NO2S. The van der Waals surface area contributed by atoms with E-state index in [0.717, 1.165) is 6.07 Å². The monoisotopic (exact) mass is 235 g/mol. The summed E-state index contributed by atoms with van der Waals surface area (Å²) in [5.74, 6) is 0. The lowest BCUT2D eigenvalue weighted by molar-refractivity contribution is 0.609. The van der Waals surface area contributed by atoms with Gasteiger partial charge in [-0.05, 0) is 18.2 Å². The van der Waals surface area contributed by atoms with Crippen LogP contribution >= 0.6 is 22.3 Å². The molecule has 0 aliphatic carbocycles. The highest BCUT2D eigenvalue weighted by atomic mass is 35.7. The van der Waals surface area contributed by atoms with E-state index in [9.17, 15) is 8.42 Å². The van der Waals surface area contributed by atoms with Crippen LogP contribution in [0.3, 0.4) is 0 Å². The lowest BCUT2D eigenvalue weighted by atomic mass is 10.2. The van der Waals surface area contributed by atoms with E-state index >= 15 is 0 Å². The van der Waals surface area contributed by atoms with Crippen molar-refractivity contribution >= 4 is 31.3 Å². The van der Waals surface area contributed by atoms with Crippen molar-refractivity contribution < 1.29 is 8.42 Å². The average Bonchev–Trinajstić information content (AvgIpc) is 2.01. The first-order valence-electron chi connectivity index (χ1n) is 3.09. The molecule has 1 aromatic rings. The van der Waals surface area contributed by atoms with Gasteiger partial charge in [0.25, 0.3) is 9.05 Å². The Morgan fingerprint density at radius 3 is 2.38 bits per heavy atom. The highest BCUT2D eigenvalue weighted by Gasteiger charge is 2.11. The van der Waals surface area contributed by atoms with Gasteiger partial charge in [-0.2, -0.15) is 5.26 Å². The predicted molar refractivity (Wildman–Crippen MR) is 49.2 cm³/mol. The molecule has 0 amide bonds. The number of nitrogens with zero attached hydrogens (tertiary/aromatic N) is 1. The first-order chi connectivity index (χ1) is 5.93. The van der Waals surface area contributed by atoms with Crippen molar-refractivity contribution in [2.24, 2.45) is 0 Å². The topological polar surface area (TPSA) is 57.9 Å². The van der Waals surface area contributed by atoms with Crippen molar-refractivity contribution in [2.45, 2.75) is 4.90 Å². The summed E-state index contributed by atoms with van der Waals surface area (Å²) < 4.78 is 21.7. The molecule has 13 heavy (non-hydrogen) atoms. The number of benzene rings is 1. The van der Waals surface area contributed by atoms with Crippen molar-refractivity contribution in [1.82, 2.24) is 0 Å². The average molecular weight is 236 g/mol. The van der Waals surface area contributed by atoms with Crippen LogP contribution in [-0.4, -0.2) is 8.42 Å². The molecule has 0 atom stereocenters. The highest BCUT2D eigenvalue weighted by Crippen LogP contribution is 2.21. The molecule has 0 aliphatic rings. The summed E-state index contributed by atoms with van der Waals surface area (Å²) in [7, 11) is 1.24. The van der Waals surface area contributed by atoms with Crippen molar-refractivity contribution in [3.05, 3.63) is 28.8 Å². The van der Waals surface area contributed by atoms with Crippen LogP contribution in [0.1, 0.15) is 5.56 Å². The number of halogens is 2. The second-order valence-corrected chi connectivity index (χ2v) is 5.23. The first-order valence-corrected chi connectivity index (χ1v) is 5.77. The van der Waals surface area contributed by atoms with Crippen LogP contribution < -0.4 is 0 Å². The third-order valence-corrected chi connectivity index (χ3v) is 2.83. The summed E-state index contributed by atoms with van der Waals surface area (Å²) in [6, 6.07) is 5.47. The van der Waals surface area contributed by atoms with E-state index in [1.807, 2.05) is 0 Å². The Morgan fingerprint density at radius 2 is 1.92 bits per heavy atom. The van der Waals surface area contributed by atoms with Crippen molar-refractivity contribution in [2.75, 3.05) is 0 Å². The quantitative estimate of drug-likeness (QED) is 0.702. The van der Waals surface area contributed by atoms with Gasteiger partial charge in [0.1, 0.15) is 0 Å². The Kier molecular flexibility index (Phi) is 2.81. The normalized spacial score (nSPS) is 10.8. The maximum atomic E-state index is 10.9. The molecule has 3 nitrogen and oxygen atoms in total. The minimum absolute atomic E-state index is 0.159. The second-order valence-electron chi connectivity index (χ2n) is 2.23. The maximum Gasteiger partial charge on any atom is 0.261 e. The Balaban J connectivity index is 3.44. The highest BCUT2D eigenvalue weighted by molar-refractivity contribution is 8.13. The van der Waals surface area contributed by atoms with E-state index in [4.69, 9.17) is 27.5 Å². The minimum Gasteiger partial charge on any atom is -0.207 e. The number of rotatable bonds is 1. The molecule has 0 bridgehead atoms. The Bertz CT molecular complexity index is 476. The molecule has 1 rings (SSSR count). The third-order valence-electron chi connectivity index (χ3n) is 1.28. The summed E-state index contributed by atoms with van der Waals surface area (Å²) in [6.45, 7) is 0. The summed E-state index contributed by atoms with van der Waals surface area (Å²) in [5, 5.41) is 8.67. The van der Waals surface area contributed by atoms with E-state index in [2.05, 4.69) is 0 Å². The van der Waals surface area contributed by atoms with E-state index in [1.54, 1.807) is 6.07 Å². The Labute approximate surface area is 84.9 Å². The van der Waals surface area contributed by atoms with Crippen LogP contribution in [0.25, 0.3) is 0 Å². The fourth-order valence-corrected chi connectivity index (χ4v) is 1.87. The molecule has 0 aromatic heterocycles. The van der Waals surface area contributed by atoms with Gasteiger partial charge >= 0.3 is 0 Å². The van der Waals surface area contributed by atoms with E-state index in [1.165, 1.54) is 12.1 Å². The Hall–Kier alpha value is -0.760. The van der Waals surface area contributed by atoms with Crippen molar-refractivity contribution in [3.63, 3.8) is 0 Å². The molecule has 0 aliphatic heterocycles. The van der Waals surface area contributed by atoms with Gasteiger partial charge in [0, 0.05) is 15.7 Å². The summed E-state index contributed by atoms with van der Waals surface area (Å²) >= 11 is 5.56. The molecule has 6 heteroatoms. The van der Waals surface area contributed by atoms with Crippen LogP contribution in [-0.2, 0) is 9.05 Å². The molecule has 1 aromatic carbocycles. The zero-order valence-corrected chi connectivity index (χ0v) is 8.49. The molecule has 0 saturated heterocycles. The first kappa shape index (κ1) is 10.3. The van der Waals surface area contributed by atoms with Crippen LogP contribution in [0.2, 0.25) is 5.02 Å². The largest absolute Gasteiger partial charge is 0.261 e. The minimum atomic E-state index is -3.82. The van der Waals surface area contributed by atoms with Crippen LogP contribution in [0.4, 0.5) is 0 Å². The summed E-state index contributed by atoms with van der Waals surface area (Å²) in [4.78, 5) is -0.168. The lowest BCUT2D eigenvalue weighted by Gasteiger charge is -1.97. The zero-order chi connectivity index (χ0) is 10.1. The predicted octanol–water partition coefficient (Wildman–Crippen LogP) is 2.14. The SMILES string of the molecule is N#Cc1cc(Cl)cc(S(=O)(=O)Cl)c1. The molecule has 0 saturated carbocycles. The van der Waals surface area contributed by atoms with Gasteiger partial charge in [0.15, 0.2) is 0 Å². The van der Waals surface area contributed by atoms with Crippen molar-refractivity contribution in [1.29, 1.82) is 5.26 Å².